The van der Waals surface area contributed by atoms with E-state index >= 15 is 0 Å². The van der Waals surface area contributed by atoms with E-state index in [1.54, 1.807) is 0 Å². The Balaban J connectivity index is 1.64. The van der Waals surface area contributed by atoms with Crippen LogP contribution in [0.15, 0.2) is 24.3 Å². The van der Waals surface area contributed by atoms with Gasteiger partial charge in [-0.2, -0.15) is 0 Å². The van der Waals surface area contributed by atoms with Crippen LogP contribution in [0.2, 0.25) is 0 Å². The van der Waals surface area contributed by atoms with Crippen molar-refractivity contribution in [3.63, 3.8) is 0 Å². The lowest BCUT2D eigenvalue weighted by Crippen LogP contribution is -2.42. The number of nitrogen functional groups attached to an aromatic ring is 1. The molecule has 0 aliphatic carbocycles. The minimum absolute atomic E-state index is 0.467. The zero-order valence-electron chi connectivity index (χ0n) is 11.6. The number of ether oxygens (including phenoxy) is 1. The maximum Gasteiger partial charge on any atom is 0.142 e. The van der Waals surface area contributed by atoms with Crippen LogP contribution in [0.3, 0.4) is 0 Å². The molecular formula is C15H24N2O2. The average molecular weight is 264 g/mol. The molecule has 4 heteroatoms. The molecule has 3 N–H and O–H groups in total. The second-order valence-corrected chi connectivity index (χ2v) is 5.58. The summed E-state index contributed by atoms with van der Waals surface area (Å²) in [6, 6.07) is 7.58. The third kappa shape index (κ3) is 4.40. The first-order chi connectivity index (χ1) is 9.07. The highest BCUT2D eigenvalue weighted by Crippen LogP contribution is 2.22. The van der Waals surface area contributed by atoms with Crippen molar-refractivity contribution in [3.8, 4) is 5.75 Å². The minimum Gasteiger partial charge on any atom is -0.491 e. The van der Waals surface area contributed by atoms with E-state index in [4.69, 9.17) is 10.5 Å². The van der Waals surface area contributed by atoms with Crippen molar-refractivity contribution in [1.29, 1.82) is 0 Å². The van der Waals surface area contributed by atoms with Crippen LogP contribution in [-0.2, 0) is 0 Å². The van der Waals surface area contributed by atoms with Crippen molar-refractivity contribution >= 4 is 5.69 Å². The predicted molar refractivity (Wildman–Crippen MR) is 77.3 cm³/mol. The molecule has 0 atom stereocenters. The average Bonchev–Trinajstić information content (AvgIpc) is 2.38. The van der Waals surface area contributed by atoms with Gasteiger partial charge in [-0.1, -0.05) is 12.1 Å². The normalized spacial score (nSPS) is 19.3. The van der Waals surface area contributed by atoms with Gasteiger partial charge in [-0.05, 0) is 38.3 Å². The molecule has 0 bridgehead atoms. The number of aliphatic hydroxyl groups is 1. The Labute approximate surface area is 115 Å². The van der Waals surface area contributed by atoms with E-state index in [9.17, 15) is 5.11 Å². The molecule has 19 heavy (non-hydrogen) atoms. The highest BCUT2D eigenvalue weighted by molar-refractivity contribution is 5.51. The van der Waals surface area contributed by atoms with Crippen LogP contribution in [0.5, 0.6) is 5.75 Å². The summed E-state index contributed by atoms with van der Waals surface area (Å²) < 4.78 is 5.67. The lowest BCUT2D eigenvalue weighted by molar-refractivity contribution is -0.00603. The lowest BCUT2D eigenvalue weighted by atomic mass is 9.94. The van der Waals surface area contributed by atoms with Crippen LogP contribution in [0, 0.1) is 0 Å². The zero-order chi connectivity index (χ0) is 13.7. The number of nitrogens with two attached hydrogens (primary N) is 1. The molecule has 1 aliphatic rings. The SMILES string of the molecule is CC1(O)CCN(CCCOc2ccccc2N)CC1. The summed E-state index contributed by atoms with van der Waals surface area (Å²) in [5.74, 6) is 0.768. The van der Waals surface area contributed by atoms with Crippen molar-refractivity contribution in [2.45, 2.75) is 31.8 Å². The van der Waals surface area contributed by atoms with Gasteiger partial charge in [-0.15, -0.1) is 0 Å². The molecule has 4 nitrogen and oxygen atoms in total. The summed E-state index contributed by atoms with van der Waals surface area (Å²) >= 11 is 0. The largest absolute Gasteiger partial charge is 0.491 e. The van der Waals surface area contributed by atoms with Gasteiger partial charge in [0.05, 0.1) is 17.9 Å². The summed E-state index contributed by atoms with van der Waals surface area (Å²) in [6.07, 6.45) is 2.70. The van der Waals surface area contributed by atoms with Crippen LogP contribution in [0.25, 0.3) is 0 Å². The van der Waals surface area contributed by atoms with E-state index in [1.807, 2.05) is 31.2 Å². The Hall–Kier alpha value is -1.26. The van der Waals surface area contributed by atoms with Gasteiger partial charge in [-0.25, -0.2) is 0 Å². The molecule has 0 spiro atoms. The van der Waals surface area contributed by atoms with Crippen molar-refractivity contribution in [2.75, 3.05) is 32.0 Å². The Morgan fingerprint density at radius 1 is 1.32 bits per heavy atom. The van der Waals surface area contributed by atoms with Crippen molar-refractivity contribution in [2.24, 2.45) is 0 Å². The van der Waals surface area contributed by atoms with Gasteiger partial charge >= 0.3 is 0 Å². The first-order valence-corrected chi connectivity index (χ1v) is 6.99. The van der Waals surface area contributed by atoms with Crippen molar-refractivity contribution in [3.05, 3.63) is 24.3 Å². The van der Waals surface area contributed by atoms with E-state index in [0.29, 0.717) is 12.3 Å². The summed E-state index contributed by atoms with van der Waals surface area (Å²) in [5.41, 5.74) is 6.04. The van der Waals surface area contributed by atoms with Crippen molar-refractivity contribution in [1.82, 2.24) is 4.90 Å². The zero-order valence-corrected chi connectivity index (χ0v) is 11.6. The molecule has 1 fully saturated rings. The number of hydrogen-bond acceptors (Lipinski definition) is 4. The summed E-state index contributed by atoms with van der Waals surface area (Å²) in [7, 11) is 0. The third-order valence-electron chi connectivity index (χ3n) is 3.73. The fourth-order valence-electron chi connectivity index (χ4n) is 2.34. The van der Waals surface area contributed by atoms with Gasteiger partial charge in [-0.3, -0.25) is 0 Å². The minimum atomic E-state index is -0.467. The maximum atomic E-state index is 9.88. The number of benzene rings is 1. The van der Waals surface area contributed by atoms with Crippen molar-refractivity contribution < 1.29 is 9.84 Å². The van der Waals surface area contributed by atoms with E-state index in [2.05, 4.69) is 4.90 Å². The number of hydrogen-bond donors (Lipinski definition) is 2. The molecule has 0 aromatic heterocycles. The standard InChI is InChI=1S/C15H24N2O2/c1-15(18)7-10-17(11-8-15)9-4-12-19-14-6-3-2-5-13(14)16/h2-3,5-6,18H,4,7-12,16H2,1H3. The van der Waals surface area contributed by atoms with Gasteiger partial charge in [0.15, 0.2) is 0 Å². The quantitative estimate of drug-likeness (QED) is 0.630. The molecule has 0 amide bonds. The van der Waals surface area contributed by atoms with Gasteiger partial charge in [0.25, 0.3) is 0 Å². The van der Waals surface area contributed by atoms with Gasteiger partial charge in [0.2, 0.25) is 0 Å². The fraction of sp³-hybridized carbons (Fsp3) is 0.600. The Bertz CT molecular complexity index is 397. The number of likely N-dealkylation sites (tertiary alicyclic amines) is 1. The van der Waals surface area contributed by atoms with Crippen LogP contribution < -0.4 is 10.5 Å². The highest BCUT2D eigenvalue weighted by Gasteiger charge is 2.26. The Morgan fingerprint density at radius 3 is 2.68 bits per heavy atom. The molecular weight excluding hydrogens is 240 g/mol. The molecule has 0 saturated carbocycles. The number of piperidine rings is 1. The summed E-state index contributed by atoms with van der Waals surface area (Å²) in [4.78, 5) is 2.38. The van der Waals surface area contributed by atoms with Gasteiger partial charge < -0.3 is 20.5 Å². The van der Waals surface area contributed by atoms with Crippen LogP contribution in [-0.4, -0.2) is 41.8 Å². The predicted octanol–water partition coefficient (Wildman–Crippen LogP) is 1.88. The van der Waals surface area contributed by atoms with Gasteiger partial charge in [0.1, 0.15) is 5.75 Å². The topological polar surface area (TPSA) is 58.7 Å². The Morgan fingerprint density at radius 2 is 2.00 bits per heavy atom. The van der Waals surface area contributed by atoms with E-state index in [0.717, 1.165) is 44.6 Å². The molecule has 1 heterocycles. The molecule has 2 rings (SSSR count). The first-order valence-electron chi connectivity index (χ1n) is 6.99. The van der Waals surface area contributed by atoms with E-state index in [-0.39, 0.29) is 0 Å². The second-order valence-electron chi connectivity index (χ2n) is 5.58. The highest BCUT2D eigenvalue weighted by atomic mass is 16.5. The molecule has 0 radical (unpaired) electrons. The maximum absolute atomic E-state index is 9.88. The molecule has 1 aromatic rings. The number of rotatable bonds is 5. The lowest BCUT2D eigenvalue weighted by Gasteiger charge is -2.35. The van der Waals surface area contributed by atoms with Crippen LogP contribution in [0.1, 0.15) is 26.2 Å². The number of para-hydroxylation sites is 2. The Kier molecular flexibility index (Phi) is 4.66. The summed E-state index contributed by atoms with van der Waals surface area (Å²) in [6.45, 7) is 5.57. The van der Waals surface area contributed by atoms with E-state index < -0.39 is 5.60 Å². The molecule has 1 saturated heterocycles. The number of anilines is 1. The number of nitrogens with zero attached hydrogens (tertiary/aromatic N) is 1. The third-order valence-corrected chi connectivity index (χ3v) is 3.73. The molecule has 0 unspecified atom stereocenters. The second kappa shape index (κ2) is 6.26. The first kappa shape index (κ1) is 14.2. The van der Waals surface area contributed by atoms with E-state index in [1.165, 1.54) is 0 Å². The smallest absolute Gasteiger partial charge is 0.142 e. The van der Waals surface area contributed by atoms with Crippen LogP contribution in [0.4, 0.5) is 5.69 Å². The van der Waals surface area contributed by atoms with Gasteiger partial charge in [0, 0.05) is 19.6 Å². The summed E-state index contributed by atoms with van der Waals surface area (Å²) in [5, 5.41) is 9.88. The monoisotopic (exact) mass is 264 g/mol. The van der Waals surface area contributed by atoms with Crippen LogP contribution >= 0.6 is 0 Å². The fourth-order valence-corrected chi connectivity index (χ4v) is 2.34. The molecule has 1 aromatic carbocycles. The molecule has 1 aliphatic heterocycles. The molecule has 106 valence electrons.